The van der Waals surface area contributed by atoms with Gasteiger partial charge in [-0.15, -0.1) is 10.2 Å². The molecular weight excluding hydrogens is 261 g/mol. The highest BCUT2D eigenvalue weighted by Crippen LogP contribution is 2.30. The van der Waals surface area contributed by atoms with Crippen LogP contribution in [0.2, 0.25) is 5.02 Å². The second-order valence-corrected chi connectivity index (χ2v) is 4.95. The molecule has 1 aromatic heterocycles. The van der Waals surface area contributed by atoms with Crippen molar-refractivity contribution in [2.24, 2.45) is 0 Å². The fourth-order valence-electron chi connectivity index (χ4n) is 1.36. The molecule has 0 saturated heterocycles. The minimum Gasteiger partial charge on any atom is -0.319 e. The normalized spacial score (nSPS) is 10.8. The molecule has 3 nitrogen and oxygen atoms in total. The molecule has 0 fully saturated rings. The van der Waals surface area contributed by atoms with Crippen LogP contribution in [0.3, 0.4) is 0 Å². The topological polar surface area (TPSA) is 37.8 Å². The van der Waals surface area contributed by atoms with Gasteiger partial charge >= 0.3 is 0 Å². The van der Waals surface area contributed by atoms with Gasteiger partial charge < -0.3 is 5.32 Å². The van der Waals surface area contributed by atoms with Crippen molar-refractivity contribution in [3.63, 3.8) is 0 Å². The summed E-state index contributed by atoms with van der Waals surface area (Å²) in [4.78, 5) is 0. The monoisotopic (exact) mass is 271 g/mol. The highest BCUT2D eigenvalue weighted by Gasteiger charge is 2.10. The minimum absolute atomic E-state index is 0.348. The van der Waals surface area contributed by atoms with Gasteiger partial charge in [0.05, 0.1) is 5.02 Å². The lowest BCUT2D eigenvalue weighted by Gasteiger charge is -1.98. The quantitative estimate of drug-likeness (QED) is 0.929. The fraction of sp³-hybridized carbons (Fsp3) is 0.273. The van der Waals surface area contributed by atoms with Crippen molar-refractivity contribution in [3.8, 4) is 10.6 Å². The number of benzene rings is 1. The van der Waals surface area contributed by atoms with Crippen molar-refractivity contribution in [1.82, 2.24) is 15.5 Å². The Hall–Kier alpha value is -1.04. The number of nitrogens with zero attached hydrogens (tertiary/aromatic N) is 2. The van der Waals surface area contributed by atoms with Gasteiger partial charge in [-0.1, -0.05) is 22.9 Å². The summed E-state index contributed by atoms with van der Waals surface area (Å²) in [7, 11) is 1.89. The van der Waals surface area contributed by atoms with Gasteiger partial charge in [0, 0.05) is 18.5 Å². The molecule has 90 valence electrons. The summed E-state index contributed by atoms with van der Waals surface area (Å²) in [5, 5.41) is 13.2. The number of likely N-dealkylation sites (N-methyl/N-ethyl adjacent to an activating group) is 1. The van der Waals surface area contributed by atoms with Crippen LogP contribution < -0.4 is 5.32 Å². The van der Waals surface area contributed by atoms with Crippen LogP contribution in [-0.2, 0) is 6.42 Å². The van der Waals surface area contributed by atoms with Crippen molar-refractivity contribution < 1.29 is 4.39 Å². The second-order valence-electron chi connectivity index (χ2n) is 3.48. The number of nitrogens with one attached hydrogen (secondary N) is 1. The highest BCUT2D eigenvalue weighted by molar-refractivity contribution is 7.14. The molecule has 1 heterocycles. The van der Waals surface area contributed by atoms with E-state index in [-0.39, 0.29) is 5.82 Å². The standard InChI is InChI=1S/C11H11ClFN3S/c1-14-5-4-10-15-16-11(17-10)8-3-2-7(13)6-9(8)12/h2-3,6,14H,4-5H2,1H3. The van der Waals surface area contributed by atoms with E-state index in [1.165, 1.54) is 23.5 Å². The maximum Gasteiger partial charge on any atom is 0.149 e. The molecular formula is C11H11ClFN3S. The van der Waals surface area contributed by atoms with Crippen molar-refractivity contribution in [2.45, 2.75) is 6.42 Å². The van der Waals surface area contributed by atoms with Gasteiger partial charge in [0.25, 0.3) is 0 Å². The molecule has 2 aromatic rings. The Morgan fingerprint density at radius 2 is 2.24 bits per heavy atom. The van der Waals surface area contributed by atoms with Gasteiger partial charge in [-0.05, 0) is 25.2 Å². The van der Waals surface area contributed by atoms with E-state index in [2.05, 4.69) is 15.5 Å². The molecule has 0 amide bonds. The number of halogens is 2. The maximum absolute atomic E-state index is 12.9. The molecule has 0 spiro atoms. The van der Waals surface area contributed by atoms with Crippen LogP contribution in [-0.4, -0.2) is 23.8 Å². The summed E-state index contributed by atoms with van der Waals surface area (Å²) in [6.07, 6.45) is 0.826. The third kappa shape index (κ3) is 3.00. The summed E-state index contributed by atoms with van der Waals surface area (Å²) in [6, 6.07) is 4.28. The predicted octanol–water partition coefficient (Wildman–Crippen LogP) is 2.76. The Labute approximate surface area is 108 Å². The second kappa shape index (κ2) is 5.53. The van der Waals surface area contributed by atoms with Gasteiger partial charge in [0.2, 0.25) is 0 Å². The maximum atomic E-state index is 12.9. The van der Waals surface area contributed by atoms with Crippen LogP contribution in [0, 0.1) is 5.82 Å². The van der Waals surface area contributed by atoms with Crippen LogP contribution in [0.5, 0.6) is 0 Å². The van der Waals surface area contributed by atoms with E-state index in [4.69, 9.17) is 11.6 Å². The average Bonchev–Trinajstić information content (AvgIpc) is 2.75. The smallest absolute Gasteiger partial charge is 0.149 e. The third-order valence-corrected chi connectivity index (χ3v) is 3.55. The van der Waals surface area contributed by atoms with E-state index in [1.54, 1.807) is 6.07 Å². The van der Waals surface area contributed by atoms with E-state index < -0.39 is 0 Å². The van der Waals surface area contributed by atoms with Crippen molar-refractivity contribution in [2.75, 3.05) is 13.6 Å². The number of hydrogen-bond donors (Lipinski definition) is 1. The van der Waals surface area contributed by atoms with Gasteiger partial charge in [-0.25, -0.2) is 4.39 Å². The van der Waals surface area contributed by atoms with Crippen LogP contribution >= 0.6 is 22.9 Å². The largest absolute Gasteiger partial charge is 0.319 e. The summed E-state index contributed by atoms with van der Waals surface area (Å²) < 4.78 is 12.9. The summed E-state index contributed by atoms with van der Waals surface area (Å²) in [6.45, 7) is 0.853. The van der Waals surface area contributed by atoms with E-state index in [9.17, 15) is 4.39 Å². The first-order valence-corrected chi connectivity index (χ1v) is 6.32. The Bertz CT molecular complexity index is 515. The molecule has 0 unspecified atom stereocenters. The zero-order chi connectivity index (χ0) is 12.3. The number of aromatic nitrogens is 2. The first kappa shape index (κ1) is 12.4. The van der Waals surface area contributed by atoms with Gasteiger partial charge in [0.15, 0.2) is 0 Å². The minimum atomic E-state index is -0.348. The van der Waals surface area contributed by atoms with Crippen LogP contribution in [0.25, 0.3) is 10.6 Å². The van der Waals surface area contributed by atoms with Gasteiger partial charge in [-0.2, -0.15) is 0 Å². The highest BCUT2D eigenvalue weighted by atomic mass is 35.5. The molecule has 0 aliphatic heterocycles. The lowest BCUT2D eigenvalue weighted by Crippen LogP contribution is -2.09. The van der Waals surface area contributed by atoms with Gasteiger partial charge in [0.1, 0.15) is 15.8 Å². The third-order valence-electron chi connectivity index (χ3n) is 2.22. The van der Waals surface area contributed by atoms with Crippen LogP contribution in [0.15, 0.2) is 18.2 Å². The van der Waals surface area contributed by atoms with Crippen LogP contribution in [0.1, 0.15) is 5.01 Å². The molecule has 1 aromatic carbocycles. The molecule has 0 aliphatic carbocycles. The molecule has 17 heavy (non-hydrogen) atoms. The van der Waals surface area contributed by atoms with E-state index in [0.29, 0.717) is 5.02 Å². The molecule has 1 N–H and O–H groups in total. The molecule has 0 saturated carbocycles. The average molecular weight is 272 g/mol. The lowest BCUT2D eigenvalue weighted by molar-refractivity contribution is 0.628. The van der Waals surface area contributed by atoms with Crippen molar-refractivity contribution in [3.05, 3.63) is 34.0 Å². The predicted molar refractivity (Wildman–Crippen MR) is 67.9 cm³/mol. The summed E-state index contributed by atoms with van der Waals surface area (Å²) in [5.74, 6) is -0.348. The molecule has 0 bridgehead atoms. The van der Waals surface area contributed by atoms with Crippen molar-refractivity contribution in [1.29, 1.82) is 0 Å². The Morgan fingerprint density at radius 3 is 2.94 bits per heavy atom. The first-order valence-electron chi connectivity index (χ1n) is 5.13. The number of rotatable bonds is 4. The van der Waals surface area contributed by atoms with E-state index in [0.717, 1.165) is 28.5 Å². The van der Waals surface area contributed by atoms with Crippen molar-refractivity contribution >= 4 is 22.9 Å². The van der Waals surface area contributed by atoms with Gasteiger partial charge in [-0.3, -0.25) is 0 Å². The molecule has 0 atom stereocenters. The zero-order valence-electron chi connectivity index (χ0n) is 9.20. The Morgan fingerprint density at radius 1 is 1.41 bits per heavy atom. The lowest BCUT2D eigenvalue weighted by atomic mass is 10.2. The SMILES string of the molecule is CNCCc1nnc(-c2ccc(F)cc2Cl)s1. The van der Waals surface area contributed by atoms with E-state index in [1.807, 2.05) is 7.05 Å². The fourth-order valence-corrected chi connectivity index (χ4v) is 2.55. The summed E-state index contributed by atoms with van der Waals surface area (Å²) in [5.41, 5.74) is 0.723. The molecule has 6 heteroatoms. The Kier molecular flexibility index (Phi) is 4.04. The summed E-state index contributed by atoms with van der Waals surface area (Å²) >= 11 is 7.44. The van der Waals surface area contributed by atoms with Crippen LogP contribution in [0.4, 0.5) is 4.39 Å². The first-order chi connectivity index (χ1) is 8.20. The zero-order valence-corrected chi connectivity index (χ0v) is 10.8. The Balaban J connectivity index is 2.24. The molecule has 0 aliphatic rings. The molecule has 0 radical (unpaired) electrons. The number of hydrogen-bond acceptors (Lipinski definition) is 4. The molecule has 2 rings (SSSR count). The van der Waals surface area contributed by atoms with E-state index >= 15 is 0 Å².